The Bertz CT molecular complexity index is 1250. The fraction of sp³-hybridized carbons (Fsp3) is 0.581. The van der Waals surface area contributed by atoms with Crippen LogP contribution in [0.3, 0.4) is 0 Å². The molecule has 1 aromatic carbocycles. The maximum absolute atomic E-state index is 13.7. The predicted molar refractivity (Wildman–Crippen MR) is 156 cm³/mol. The summed E-state index contributed by atoms with van der Waals surface area (Å²) < 4.78 is 23.3. The number of nitrogens with one attached hydrogen (secondary N) is 1. The SMILES string of the molecule is COc1cc2cc(c1Cl)N(C)C(=O)CC(OC(=O)C(C)C)[C@@]1(C)O[C@@H]1[C@@H](C)C1CC(C/C=C/C=C(\C)C2)NC(=O)O1. The summed E-state index contributed by atoms with van der Waals surface area (Å²) in [5.41, 5.74) is 1.59. The smallest absolute Gasteiger partial charge is 0.407 e. The summed E-state index contributed by atoms with van der Waals surface area (Å²) in [5, 5.41) is 3.22. The number of esters is 1. The molecule has 4 bridgehead atoms. The molecule has 3 heterocycles. The third-order valence-corrected chi connectivity index (χ3v) is 8.61. The zero-order valence-corrected chi connectivity index (χ0v) is 25.6. The van der Waals surface area contributed by atoms with Gasteiger partial charge in [0.2, 0.25) is 5.91 Å². The molecule has 0 aliphatic carbocycles. The van der Waals surface area contributed by atoms with E-state index in [2.05, 4.69) is 5.32 Å². The Morgan fingerprint density at radius 2 is 2.00 bits per heavy atom. The first-order valence-corrected chi connectivity index (χ1v) is 14.5. The molecule has 0 aromatic heterocycles. The molecule has 41 heavy (non-hydrogen) atoms. The number of allylic oxidation sites excluding steroid dienone is 3. The third-order valence-electron chi connectivity index (χ3n) is 8.23. The molecule has 3 aliphatic rings. The van der Waals surface area contributed by atoms with Crippen molar-refractivity contribution in [2.75, 3.05) is 19.1 Å². The van der Waals surface area contributed by atoms with Crippen LogP contribution < -0.4 is 15.0 Å². The van der Waals surface area contributed by atoms with Gasteiger partial charge in [0, 0.05) is 25.4 Å². The number of methoxy groups -OCH3 is 1. The summed E-state index contributed by atoms with van der Waals surface area (Å²) in [4.78, 5) is 40.4. The van der Waals surface area contributed by atoms with Gasteiger partial charge in [-0.15, -0.1) is 0 Å². The maximum Gasteiger partial charge on any atom is 0.407 e. The van der Waals surface area contributed by atoms with E-state index in [-0.39, 0.29) is 42.4 Å². The minimum Gasteiger partial charge on any atom is -0.495 e. The lowest BCUT2D eigenvalue weighted by Gasteiger charge is -2.33. The van der Waals surface area contributed by atoms with E-state index < -0.39 is 23.8 Å². The van der Waals surface area contributed by atoms with E-state index in [9.17, 15) is 14.4 Å². The number of anilines is 1. The van der Waals surface area contributed by atoms with E-state index >= 15 is 0 Å². The molecule has 6 atom stereocenters. The van der Waals surface area contributed by atoms with Crippen LogP contribution in [0.2, 0.25) is 5.02 Å². The number of rotatable bonds is 3. The van der Waals surface area contributed by atoms with E-state index in [0.29, 0.717) is 35.7 Å². The standard InChI is InChI=1S/C31H41ClN2O7/c1-17(2)29(36)40-25-16-26(35)34(6)22-13-20(14-24(38-7)27(22)32)12-18(3)10-8-9-11-21-15-23(39-30(37)33-21)19(4)28-31(25,5)41-28/h8-10,13-14,17,19,21,23,25,28H,11-12,15-16H2,1-7H3,(H,33,37)/b9-8+,18-10+/t19-,21?,23?,25?,28+,31+/m0/s1. The van der Waals surface area contributed by atoms with Gasteiger partial charge in [0.1, 0.15) is 28.6 Å². The quantitative estimate of drug-likeness (QED) is 0.373. The van der Waals surface area contributed by atoms with Crippen molar-refractivity contribution < 1.29 is 33.3 Å². The highest BCUT2D eigenvalue weighted by molar-refractivity contribution is 6.35. The molecule has 1 N–H and O–H groups in total. The number of epoxide rings is 1. The second-order valence-corrected chi connectivity index (χ2v) is 12.2. The lowest BCUT2D eigenvalue weighted by atomic mass is 9.85. The van der Waals surface area contributed by atoms with E-state index in [4.69, 9.17) is 30.5 Å². The first kappa shape index (κ1) is 30.9. The van der Waals surface area contributed by atoms with Crippen LogP contribution in [-0.2, 0) is 30.2 Å². The molecule has 9 nitrogen and oxygen atoms in total. The summed E-state index contributed by atoms with van der Waals surface area (Å²) in [7, 11) is 3.18. The Morgan fingerprint density at radius 1 is 1.27 bits per heavy atom. The average Bonchev–Trinajstić information content (AvgIpc) is 3.62. The normalized spacial score (nSPS) is 32.7. The molecule has 1 aromatic rings. The van der Waals surface area contributed by atoms with Crippen molar-refractivity contribution >= 4 is 35.3 Å². The van der Waals surface area contributed by atoms with Crippen LogP contribution >= 0.6 is 11.6 Å². The molecule has 0 radical (unpaired) electrons. The van der Waals surface area contributed by atoms with Crippen molar-refractivity contribution in [2.24, 2.45) is 11.8 Å². The minimum absolute atomic E-state index is 0.0892. The average molecular weight is 589 g/mol. The zero-order chi connectivity index (χ0) is 30.1. The predicted octanol–water partition coefficient (Wildman–Crippen LogP) is 5.38. The number of hydrogen-bond acceptors (Lipinski definition) is 7. The van der Waals surface area contributed by atoms with Crippen molar-refractivity contribution in [3.63, 3.8) is 0 Å². The van der Waals surface area contributed by atoms with Crippen LogP contribution in [0.5, 0.6) is 5.75 Å². The molecule has 224 valence electrons. The second-order valence-electron chi connectivity index (χ2n) is 11.8. The molecule has 3 unspecified atom stereocenters. The lowest BCUT2D eigenvalue weighted by molar-refractivity contribution is -0.157. The molecule has 2 amide bonds. The summed E-state index contributed by atoms with van der Waals surface area (Å²) in [6, 6.07) is 3.65. The van der Waals surface area contributed by atoms with Crippen molar-refractivity contribution in [3.05, 3.63) is 46.5 Å². The first-order valence-electron chi connectivity index (χ1n) is 14.1. The van der Waals surface area contributed by atoms with Gasteiger partial charge >= 0.3 is 12.1 Å². The number of fused-ring (bicyclic) bond motifs is 5. The summed E-state index contributed by atoms with van der Waals surface area (Å²) in [5.74, 6) is -0.826. The van der Waals surface area contributed by atoms with Gasteiger partial charge in [0.25, 0.3) is 0 Å². The van der Waals surface area contributed by atoms with Crippen LogP contribution in [0.1, 0.15) is 59.4 Å². The van der Waals surface area contributed by atoms with Gasteiger partial charge in [-0.05, 0) is 44.4 Å². The van der Waals surface area contributed by atoms with E-state index in [1.54, 1.807) is 20.9 Å². The molecule has 4 rings (SSSR count). The highest BCUT2D eigenvalue weighted by atomic mass is 35.5. The largest absolute Gasteiger partial charge is 0.495 e. The third kappa shape index (κ3) is 6.89. The second kappa shape index (κ2) is 12.4. The Morgan fingerprint density at radius 3 is 2.68 bits per heavy atom. The van der Waals surface area contributed by atoms with Crippen molar-refractivity contribution in [2.45, 2.75) is 90.3 Å². The molecule has 10 heteroatoms. The fourth-order valence-corrected chi connectivity index (χ4v) is 5.90. The number of amides is 2. The van der Waals surface area contributed by atoms with E-state index in [1.165, 1.54) is 12.0 Å². The number of benzene rings is 1. The van der Waals surface area contributed by atoms with E-state index in [0.717, 1.165) is 11.1 Å². The van der Waals surface area contributed by atoms with Gasteiger partial charge < -0.3 is 29.2 Å². The number of carbonyl (C=O) groups is 3. The molecule has 3 aliphatic heterocycles. The zero-order valence-electron chi connectivity index (χ0n) is 24.9. The van der Waals surface area contributed by atoms with E-state index in [1.807, 2.05) is 51.1 Å². The molecular weight excluding hydrogens is 548 g/mol. The van der Waals surface area contributed by atoms with Gasteiger partial charge in [0.15, 0.2) is 0 Å². The van der Waals surface area contributed by atoms with Crippen molar-refractivity contribution in [3.8, 4) is 5.75 Å². The Balaban J connectivity index is 1.73. The highest BCUT2D eigenvalue weighted by Crippen LogP contribution is 2.48. The lowest BCUT2D eigenvalue weighted by Crippen LogP contribution is -2.49. The van der Waals surface area contributed by atoms with Gasteiger partial charge in [-0.2, -0.15) is 0 Å². The number of alkyl carbamates (subject to hydrolysis) is 1. The van der Waals surface area contributed by atoms with Crippen molar-refractivity contribution in [1.82, 2.24) is 5.32 Å². The number of nitrogens with zero attached hydrogens (tertiary/aromatic N) is 1. The monoisotopic (exact) mass is 588 g/mol. The van der Waals surface area contributed by atoms with Crippen LogP contribution in [-0.4, -0.2) is 62.1 Å². The molecular formula is C31H41ClN2O7. The summed E-state index contributed by atoms with van der Waals surface area (Å²) >= 11 is 6.68. The van der Waals surface area contributed by atoms with Crippen LogP contribution in [0.15, 0.2) is 35.9 Å². The Hall–Kier alpha value is -3.04. The Kier molecular flexibility index (Phi) is 9.39. The number of hydrogen-bond donors (Lipinski definition) is 1. The highest BCUT2D eigenvalue weighted by Gasteiger charge is 2.63. The fourth-order valence-electron chi connectivity index (χ4n) is 5.58. The number of ether oxygens (including phenoxy) is 4. The van der Waals surface area contributed by atoms with Crippen molar-refractivity contribution in [1.29, 1.82) is 0 Å². The summed E-state index contributed by atoms with van der Waals surface area (Å²) in [6.45, 7) is 9.32. The van der Waals surface area contributed by atoms with Gasteiger partial charge in [-0.25, -0.2) is 4.79 Å². The molecule has 0 spiro atoms. The number of carbonyl (C=O) groups excluding carboxylic acids is 3. The van der Waals surface area contributed by atoms with Crippen LogP contribution in [0, 0.1) is 11.8 Å². The van der Waals surface area contributed by atoms with Gasteiger partial charge in [-0.3, -0.25) is 9.59 Å². The maximum atomic E-state index is 13.7. The van der Waals surface area contributed by atoms with Crippen LogP contribution in [0.4, 0.5) is 10.5 Å². The van der Waals surface area contributed by atoms with Gasteiger partial charge in [-0.1, -0.05) is 56.2 Å². The Labute approximate surface area is 247 Å². The molecule has 0 saturated carbocycles. The first-order chi connectivity index (χ1) is 19.3. The van der Waals surface area contributed by atoms with Crippen LogP contribution in [0.25, 0.3) is 0 Å². The topological polar surface area (TPSA) is 107 Å². The molecule has 2 saturated heterocycles. The minimum atomic E-state index is -0.930. The number of halogens is 1. The van der Waals surface area contributed by atoms with Gasteiger partial charge in [0.05, 0.1) is 31.2 Å². The molecule has 2 fully saturated rings. The summed E-state index contributed by atoms with van der Waals surface area (Å²) in [6.07, 6.45) is 5.73.